The largest absolute Gasteiger partial charge is 0.507 e. The number of methoxy groups -OCH3 is 1. The summed E-state index contributed by atoms with van der Waals surface area (Å²) >= 11 is 0. The maximum atomic E-state index is 14.0. The number of esters is 1. The van der Waals surface area contributed by atoms with Gasteiger partial charge in [-0.2, -0.15) is 26.3 Å². The van der Waals surface area contributed by atoms with Crippen LogP contribution in [0.25, 0.3) is 0 Å². The van der Waals surface area contributed by atoms with Gasteiger partial charge in [-0.25, -0.2) is 4.79 Å². The SMILES string of the molecule is COC(=O)c1ccc(C[C@]2(C(=O)c3cc(C(F)(F)F)cc(C(F)(F)F)c3)CN(Cc3ccccc3)CCN2)cc1O. The number of Topliss-reactive ketones (excluding diaryl/α,β-unsaturated/α-hetero) is 1. The lowest BCUT2D eigenvalue weighted by molar-refractivity contribution is -0.143. The summed E-state index contributed by atoms with van der Waals surface area (Å²) in [5.41, 5.74) is -4.54. The van der Waals surface area contributed by atoms with Crippen LogP contribution in [0.2, 0.25) is 0 Å². The van der Waals surface area contributed by atoms with Crippen molar-refractivity contribution in [3.8, 4) is 5.75 Å². The first kappa shape index (κ1) is 30.1. The van der Waals surface area contributed by atoms with E-state index in [1.165, 1.54) is 18.2 Å². The first-order valence-electron chi connectivity index (χ1n) is 12.5. The number of nitrogens with zero attached hydrogens (tertiary/aromatic N) is 1. The van der Waals surface area contributed by atoms with E-state index >= 15 is 0 Å². The van der Waals surface area contributed by atoms with Gasteiger partial charge < -0.3 is 15.2 Å². The van der Waals surface area contributed by atoms with Crippen molar-refractivity contribution in [3.63, 3.8) is 0 Å². The fourth-order valence-electron chi connectivity index (χ4n) is 4.98. The summed E-state index contributed by atoms with van der Waals surface area (Å²) in [5, 5.41) is 13.4. The van der Waals surface area contributed by atoms with Crippen LogP contribution >= 0.6 is 0 Å². The monoisotopic (exact) mass is 580 g/mol. The lowest BCUT2D eigenvalue weighted by atomic mass is 9.80. The molecule has 0 radical (unpaired) electrons. The molecule has 0 bridgehead atoms. The summed E-state index contributed by atoms with van der Waals surface area (Å²) < 4.78 is 86.2. The zero-order chi connectivity index (χ0) is 30.0. The number of carbonyl (C=O) groups excluding carboxylic acids is 2. The molecular formula is C29H26F6N2O4. The molecule has 3 aromatic rings. The number of ether oxygens (including phenoxy) is 1. The van der Waals surface area contributed by atoms with Crippen molar-refractivity contribution < 1.29 is 45.8 Å². The number of alkyl halides is 6. The predicted molar refractivity (Wildman–Crippen MR) is 136 cm³/mol. The van der Waals surface area contributed by atoms with Crippen molar-refractivity contribution in [2.45, 2.75) is 30.9 Å². The molecule has 0 aliphatic carbocycles. The molecule has 0 aromatic heterocycles. The topological polar surface area (TPSA) is 78.9 Å². The fraction of sp³-hybridized carbons (Fsp3) is 0.310. The number of aromatic hydroxyl groups is 1. The number of benzene rings is 3. The van der Waals surface area contributed by atoms with Gasteiger partial charge in [0.15, 0.2) is 5.78 Å². The Morgan fingerprint density at radius 3 is 2.12 bits per heavy atom. The van der Waals surface area contributed by atoms with Crippen LogP contribution in [0.4, 0.5) is 26.3 Å². The Kier molecular flexibility index (Phi) is 8.46. The third kappa shape index (κ3) is 6.88. The third-order valence-electron chi connectivity index (χ3n) is 6.89. The lowest BCUT2D eigenvalue weighted by Gasteiger charge is -2.43. The van der Waals surface area contributed by atoms with E-state index in [4.69, 9.17) is 0 Å². The molecule has 1 heterocycles. The Balaban J connectivity index is 1.79. The summed E-state index contributed by atoms with van der Waals surface area (Å²) in [7, 11) is 1.13. The van der Waals surface area contributed by atoms with E-state index in [-0.39, 0.29) is 31.1 Å². The maximum absolute atomic E-state index is 14.0. The molecule has 1 fully saturated rings. The highest BCUT2D eigenvalue weighted by molar-refractivity contribution is 6.04. The number of nitrogens with one attached hydrogen (secondary N) is 1. The van der Waals surface area contributed by atoms with E-state index in [1.54, 1.807) is 0 Å². The van der Waals surface area contributed by atoms with E-state index in [9.17, 15) is 41.0 Å². The van der Waals surface area contributed by atoms with Gasteiger partial charge in [-0.15, -0.1) is 0 Å². The molecule has 218 valence electrons. The van der Waals surface area contributed by atoms with Crippen LogP contribution in [0.1, 0.15) is 43.0 Å². The molecule has 2 N–H and O–H groups in total. The van der Waals surface area contributed by atoms with Gasteiger partial charge in [0.1, 0.15) is 11.3 Å². The van der Waals surface area contributed by atoms with E-state index in [0.717, 1.165) is 12.7 Å². The van der Waals surface area contributed by atoms with Crippen LogP contribution in [0.3, 0.4) is 0 Å². The number of ketones is 1. The summed E-state index contributed by atoms with van der Waals surface area (Å²) in [6, 6.07) is 13.9. The Labute approximate surface area is 231 Å². The summed E-state index contributed by atoms with van der Waals surface area (Å²) in [5.74, 6) is -2.23. The molecule has 12 heteroatoms. The summed E-state index contributed by atoms with van der Waals surface area (Å²) in [6.07, 6.45) is -10.5. The number of phenolic OH excluding ortho intramolecular Hbond substituents is 1. The summed E-state index contributed by atoms with van der Waals surface area (Å²) in [4.78, 5) is 27.8. The maximum Gasteiger partial charge on any atom is 0.416 e. The Hall–Kier alpha value is -3.90. The standard InChI is InChI=1S/C29H26F6N2O4/c1-41-26(40)23-8-7-19(11-24(23)38)15-27(17-37(10-9-36-27)16-18-5-3-2-4-6-18)25(39)20-12-21(28(30,31)32)14-22(13-20)29(33,34)35/h2-8,11-14,36,38H,9-10,15-17H2,1H3/t27-/m1/s1. The molecule has 3 aromatic carbocycles. The van der Waals surface area contributed by atoms with Crippen molar-refractivity contribution in [2.75, 3.05) is 26.7 Å². The molecule has 0 amide bonds. The Bertz CT molecular complexity index is 1390. The van der Waals surface area contributed by atoms with Crippen LogP contribution in [0.5, 0.6) is 5.75 Å². The number of carbonyl (C=O) groups is 2. The minimum Gasteiger partial charge on any atom is -0.507 e. The van der Waals surface area contributed by atoms with Crippen LogP contribution in [0, 0.1) is 0 Å². The molecule has 0 unspecified atom stereocenters. The number of piperazine rings is 1. The molecule has 1 aliphatic rings. The number of halogens is 6. The van der Waals surface area contributed by atoms with Gasteiger partial charge in [-0.05, 0) is 47.9 Å². The molecule has 1 atom stereocenters. The van der Waals surface area contributed by atoms with Gasteiger partial charge in [-0.1, -0.05) is 36.4 Å². The zero-order valence-electron chi connectivity index (χ0n) is 21.8. The van der Waals surface area contributed by atoms with Crippen molar-refractivity contribution >= 4 is 11.8 Å². The van der Waals surface area contributed by atoms with Crippen molar-refractivity contribution in [3.05, 3.63) is 100 Å². The second kappa shape index (κ2) is 11.5. The highest BCUT2D eigenvalue weighted by Gasteiger charge is 2.45. The van der Waals surface area contributed by atoms with Gasteiger partial charge in [0.25, 0.3) is 0 Å². The fourth-order valence-corrected chi connectivity index (χ4v) is 4.98. The molecule has 4 rings (SSSR count). The van der Waals surface area contributed by atoms with Crippen LogP contribution in [0.15, 0.2) is 66.7 Å². The third-order valence-corrected chi connectivity index (χ3v) is 6.89. The zero-order valence-corrected chi connectivity index (χ0v) is 21.8. The molecule has 1 aliphatic heterocycles. The van der Waals surface area contributed by atoms with E-state index in [2.05, 4.69) is 10.1 Å². The van der Waals surface area contributed by atoms with Crippen molar-refractivity contribution in [2.24, 2.45) is 0 Å². The minimum atomic E-state index is -5.13. The molecule has 0 saturated carbocycles. The molecular weight excluding hydrogens is 554 g/mol. The van der Waals surface area contributed by atoms with Gasteiger partial charge in [0.2, 0.25) is 0 Å². The quantitative estimate of drug-likeness (QED) is 0.219. The normalized spacial score (nSPS) is 18.2. The van der Waals surface area contributed by atoms with Gasteiger partial charge in [-0.3, -0.25) is 9.69 Å². The number of hydrogen-bond acceptors (Lipinski definition) is 6. The second-order valence-corrected chi connectivity index (χ2v) is 9.85. The average Bonchev–Trinajstić information content (AvgIpc) is 2.92. The number of rotatable bonds is 7. The van der Waals surface area contributed by atoms with Gasteiger partial charge >= 0.3 is 18.3 Å². The first-order chi connectivity index (χ1) is 19.2. The Morgan fingerprint density at radius 2 is 1.56 bits per heavy atom. The van der Waals surface area contributed by atoms with Crippen LogP contribution in [-0.2, 0) is 30.1 Å². The summed E-state index contributed by atoms with van der Waals surface area (Å²) in [6.45, 7) is 0.973. The predicted octanol–water partition coefficient (Wildman–Crippen LogP) is 5.49. The van der Waals surface area contributed by atoms with Crippen molar-refractivity contribution in [1.82, 2.24) is 10.2 Å². The molecule has 6 nitrogen and oxygen atoms in total. The average molecular weight is 581 g/mol. The molecule has 1 saturated heterocycles. The highest BCUT2D eigenvalue weighted by atomic mass is 19.4. The highest BCUT2D eigenvalue weighted by Crippen LogP contribution is 2.38. The van der Waals surface area contributed by atoms with Gasteiger partial charge in [0.05, 0.1) is 23.8 Å². The van der Waals surface area contributed by atoms with Gasteiger partial charge in [0, 0.05) is 31.7 Å². The number of phenols is 1. The lowest BCUT2D eigenvalue weighted by Crippen LogP contribution is -2.65. The molecule has 41 heavy (non-hydrogen) atoms. The van der Waals surface area contributed by atoms with E-state index in [1.807, 2.05) is 35.2 Å². The van der Waals surface area contributed by atoms with Crippen LogP contribution < -0.4 is 5.32 Å². The second-order valence-electron chi connectivity index (χ2n) is 9.85. The first-order valence-corrected chi connectivity index (χ1v) is 12.5. The minimum absolute atomic E-state index is 0.0248. The number of hydrogen-bond donors (Lipinski definition) is 2. The smallest absolute Gasteiger partial charge is 0.416 e. The molecule has 0 spiro atoms. The van der Waals surface area contributed by atoms with E-state index < -0.39 is 52.1 Å². The van der Waals surface area contributed by atoms with Crippen LogP contribution in [-0.4, -0.2) is 54.0 Å². The van der Waals surface area contributed by atoms with E-state index in [0.29, 0.717) is 30.8 Å². The Morgan fingerprint density at radius 1 is 0.927 bits per heavy atom. The van der Waals surface area contributed by atoms with Crippen molar-refractivity contribution in [1.29, 1.82) is 0 Å².